The first-order valence-electron chi connectivity index (χ1n) is 5.51. The van der Waals surface area contributed by atoms with Gasteiger partial charge in [-0.3, -0.25) is 4.98 Å². The fourth-order valence-electron chi connectivity index (χ4n) is 1.84. The number of ether oxygens (including phenoxy) is 1. The van der Waals surface area contributed by atoms with Gasteiger partial charge in [0.2, 0.25) is 0 Å². The second kappa shape index (κ2) is 5.63. The summed E-state index contributed by atoms with van der Waals surface area (Å²) >= 11 is 11.9. The molecule has 1 saturated heterocycles. The van der Waals surface area contributed by atoms with Crippen LogP contribution in [-0.2, 0) is 0 Å². The minimum Gasteiger partial charge on any atom is -0.487 e. The first-order valence-corrected chi connectivity index (χ1v) is 6.27. The predicted octanol–water partition coefficient (Wildman–Crippen LogP) is 2.91. The monoisotopic (exact) mass is 290 g/mol. The predicted molar refractivity (Wildman–Crippen MR) is 67.5 cm³/mol. The summed E-state index contributed by atoms with van der Waals surface area (Å²) in [5, 5.41) is 9.57. The van der Waals surface area contributed by atoms with E-state index >= 15 is 0 Å². The molecule has 1 aromatic rings. The largest absolute Gasteiger partial charge is 0.487 e. The number of piperidine rings is 1. The molecule has 5 nitrogen and oxygen atoms in total. The number of rotatable bonds is 2. The van der Waals surface area contributed by atoms with Crippen molar-refractivity contribution in [3.63, 3.8) is 0 Å². The van der Waals surface area contributed by atoms with Gasteiger partial charge in [-0.05, 0) is 0 Å². The van der Waals surface area contributed by atoms with Crippen molar-refractivity contribution in [1.82, 2.24) is 9.88 Å². The summed E-state index contributed by atoms with van der Waals surface area (Å²) in [5.74, 6) is 0.419. The maximum absolute atomic E-state index is 10.8. The number of halogens is 2. The molecule has 1 aromatic heterocycles. The topological polar surface area (TPSA) is 62.7 Å². The summed E-state index contributed by atoms with van der Waals surface area (Å²) in [6.07, 6.45) is 3.22. The van der Waals surface area contributed by atoms with E-state index in [1.165, 1.54) is 17.3 Å². The third kappa shape index (κ3) is 2.97. The van der Waals surface area contributed by atoms with Gasteiger partial charge in [0.15, 0.2) is 5.75 Å². The molecule has 1 fully saturated rings. The highest BCUT2D eigenvalue weighted by atomic mass is 35.5. The second-order valence-corrected chi connectivity index (χ2v) is 4.83. The fraction of sp³-hybridized carbons (Fsp3) is 0.455. The van der Waals surface area contributed by atoms with Crippen LogP contribution in [0.25, 0.3) is 0 Å². The number of nitrogens with zero attached hydrogens (tertiary/aromatic N) is 2. The van der Waals surface area contributed by atoms with Gasteiger partial charge < -0.3 is 14.7 Å². The third-order valence-electron chi connectivity index (χ3n) is 2.81. The normalized spacial score (nSPS) is 16.7. The summed E-state index contributed by atoms with van der Waals surface area (Å²) < 4.78 is 5.72. The van der Waals surface area contributed by atoms with Crippen LogP contribution >= 0.6 is 23.2 Å². The van der Waals surface area contributed by atoms with Crippen molar-refractivity contribution < 1.29 is 14.6 Å². The van der Waals surface area contributed by atoms with E-state index in [-0.39, 0.29) is 6.10 Å². The Morgan fingerprint density at radius 3 is 2.39 bits per heavy atom. The van der Waals surface area contributed by atoms with Gasteiger partial charge in [-0.1, -0.05) is 23.2 Å². The SMILES string of the molecule is O=C(O)N1CCC(Oc2c(Cl)cncc2Cl)CC1. The number of pyridine rings is 1. The average molecular weight is 291 g/mol. The molecular formula is C11H12Cl2N2O3. The smallest absolute Gasteiger partial charge is 0.407 e. The van der Waals surface area contributed by atoms with Crippen LogP contribution in [0.4, 0.5) is 4.79 Å². The summed E-state index contributed by atoms with van der Waals surface area (Å²) in [5.41, 5.74) is 0. The zero-order chi connectivity index (χ0) is 13.1. The Bertz CT molecular complexity index is 428. The lowest BCUT2D eigenvalue weighted by atomic mass is 10.1. The minimum absolute atomic E-state index is 0.0713. The number of carboxylic acid groups (broad SMARTS) is 1. The number of hydrogen-bond acceptors (Lipinski definition) is 3. The number of amides is 1. The zero-order valence-electron chi connectivity index (χ0n) is 9.47. The molecule has 2 rings (SSSR count). The molecule has 0 spiro atoms. The van der Waals surface area contributed by atoms with Crippen LogP contribution in [0.1, 0.15) is 12.8 Å². The van der Waals surface area contributed by atoms with E-state index in [1.54, 1.807) is 0 Å². The summed E-state index contributed by atoms with van der Waals surface area (Å²) in [6, 6.07) is 0. The van der Waals surface area contributed by atoms with Crippen molar-refractivity contribution >= 4 is 29.3 Å². The van der Waals surface area contributed by atoms with Gasteiger partial charge in [0.25, 0.3) is 0 Å². The van der Waals surface area contributed by atoms with Gasteiger partial charge in [0.1, 0.15) is 16.1 Å². The van der Waals surface area contributed by atoms with Crippen molar-refractivity contribution in [1.29, 1.82) is 0 Å². The molecule has 1 aliphatic heterocycles. The Labute approximate surface area is 114 Å². The van der Waals surface area contributed by atoms with Crippen molar-refractivity contribution in [3.8, 4) is 5.75 Å². The van der Waals surface area contributed by atoms with E-state index in [0.717, 1.165) is 0 Å². The van der Waals surface area contributed by atoms with Crippen LogP contribution in [0.5, 0.6) is 5.75 Å². The van der Waals surface area contributed by atoms with Crippen LogP contribution in [0.3, 0.4) is 0 Å². The molecule has 7 heteroatoms. The van der Waals surface area contributed by atoms with Crippen molar-refractivity contribution in [2.75, 3.05) is 13.1 Å². The second-order valence-electron chi connectivity index (χ2n) is 4.02. The van der Waals surface area contributed by atoms with Crippen molar-refractivity contribution in [2.45, 2.75) is 18.9 Å². The van der Waals surface area contributed by atoms with Gasteiger partial charge >= 0.3 is 6.09 Å². The molecule has 2 heterocycles. The van der Waals surface area contributed by atoms with Crippen LogP contribution < -0.4 is 4.74 Å². The van der Waals surface area contributed by atoms with Gasteiger partial charge in [-0.25, -0.2) is 4.79 Å². The van der Waals surface area contributed by atoms with Gasteiger partial charge in [0.05, 0.1) is 0 Å². The summed E-state index contributed by atoms with van der Waals surface area (Å²) in [4.78, 5) is 16.0. The lowest BCUT2D eigenvalue weighted by Crippen LogP contribution is -2.41. The Balaban J connectivity index is 1.98. The Hall–Kier alpha value is -1.20. The van der Waals surface area contributed by atoms with Gasteiger partial charge in [-0.15, -0.1) is 0 Å². The fourth-order valence-corrected chi connectivity index (χ4v) is 2.30. The lowest BCUT2D eigenvalue weighted by Gasteiger charge is -2.30. The quantitative estimate of drug-likeness (QED) is 0.910. The third-order valence-corrected chi connectivity index (χ3v) is 3.35. The molecule has 0 unspecified atom stereocenters. The van der Waals surface area contributed by atoms with Crippen molar-refractivity contribution in [3.05, 3.63) is 22.4 Å². The highest BCUT2D eigenvalue weighted by Gasteiger charge is 2.24. The van der Waals surface area contributed by atoms with E-state index in [2.05, 4.69) is 4.98 Å². The van der Waals surface area contributed by atoms with E-state index in [1.807, 2.05) is 0 Å². The number of aromatic nitrogens is 1. The summed E-state index contributed by atoms with van der Waals surface area (Å²) in [7, 11) is 0. The maximum atomic E-state index is 10.8. The zero-order valence-corrected chi connectivity index (χ0v) is 11.0. The standard InChI is InChI=1S/C11H12Cl2N2O3/c12-8-5-14-6-9(13)10(8)18-7-1-3-15(4-2-7)11(16)17/h5-7H,1-4H2,(H,16,17). The molecule has 0 atom stereocenters. The minimum atomic E-state index is -0.895. The Morgan fingerprint density at radius 2 is 1.89 bits per heavy atom. The summed E-state index contributed by atoms with van der Waals surface area (Å²) in [6.45, 7) is 0.917. The van der Waals surface area contributed by atoms with E-state index in [0.29, 0.717) is 41.7 Å². The molecule has 1 N–H and O–H groups in total. The molecule has 0 bridgehead atoms. The Morgan fingerprint density at radius 1 is 1.33 bits per heavy atom. The van der Waals surface area contributed by atoms with Gasteiger partial charge in [-0.2, -0.15) is 0 Å². The maximum Gasteiger partial charge on any atom is 0.407 e. The van der Waals surface area contributed by atoms with E-state index < -0.39 is 6.09 Å². The number of carbonyl (C=O) groups is 1. The number of likely N-dealkylation sites (tertiary alicyclic amines) is 1. The molecule has 1 amide bonds. The van der Waals surface area contributed by atoms with Gasteiger partial charge in [0, 0.05) is 38.3 Å². The highest BCUT2D eigenvalue weighted by molar-refractivity contribution is 6.36. The highest BCUT2D eigenvalue weighted by Crippen LogP contribution is 2.33. The van der Waals surface area contributed by atoms with Crippen molar-refractivity contribution in [2.24, 2.45) is 0 Å². The number of hydrogen-bond donors (Lipinski definition) is 1. The van der Waals surface area contributed by atoms with E-state index in [4.69, 9.17) is 33.0 Å². The average Bonchev–Trinajstić information content (AvgIpc) is 2.34. The Kier molecular flexibility index (Phi) is 4.14. The molecule has 0 aliphatic carbocycles. The molecule has 0 aromatic carbocycles. The molecular weight excluding hydrogens is 279 g/mol. The molecule has 1 aliphatic rings. The molecule has 98 valence electrons. The molecule has 0 radical (unpaired) electrons. The van der Waals surface area contributed by atoms with E-state index in [9.17, 15) is 4.79 Å². The van der Waals surface area contributed by atoms with Crippen LogP contribution in [0, 0.1) is 0 Å². The van der Waals surface area contributed by atoms with Crippen LogP contribution in [0.15, 0.2) is 12.4 Å². The lowest BCUT2D eigenvalue weighted by molar-refractivity contribution is 0.0895. The van der Waals surface area contributed by atoms with Crippen LogP contribution in [-0.4, -0.2) is 40.3 Å². The van der Waals surface area contributed by atoms with Crippen LogP contribution in [0.2, 0.25) is 10.0 Å². The first-order chi connectivity index (χ1) is 8.58. The molecule has 18 heavy (non-hydrogen) atoms. The first kappa shape index (κ1) is 13.2. The molecule has 0 saturated carbocycles.